The van der Waals surface area contributed by atoms with E-state index in [0.717, 1.165) is 19.3 Å². The molecule has 2 aliphatic rings. The SMILES string of the molecule is O=C(/C=C\CCCCC1=CCCC=C1)C1CCCCC1. The number of hydrogen-bond donors (Lipinski definition) is 0. The average Bonchev–Trinajstić information content (AvgIpc) is 2.52. The Labute approximate surface area is 123 Å². The first-order valence-electron chi connectivity index (χ1n) is 8.42. The van der Waals surface area contributed by atoms with Crippen molar-refractivity contribution in [3.05, 3.63) is 36.0 Å². The van der Waals surface area contributed by atoms with Crippen LogP contribution in [0.25, 0.3) is 0 Å². The lowest BCUT2D eigenvalue weighted by atomic mass is 9.86. The molecule has 0 atom stereocenters. The van der Waals surface area contributed by atoms with Gasteiger partial charge in [-0.3, -0.25) is 4.79 Å². The van der Waals surface area contributed by atoms with Crippen molar-refractivity contribution >= 4 is 5.78 Å². The van der Waals surface area contributed by atoms with Gasteiger partial charge in [0.2, 0.25) is 0 Å². The fraction of sp³-hybridized carbons (Fsp3) is 0.632. The highest BCUT2D eigenvalue weighted by atomic mass is 16.1. The van der Waals surface area contributed by atoms with Crippen LogP contribution in [0.1, 0.15) is 70.6 Å². The van der Waals surface area contributed by atoms with Crippen LogP contribution >= 0.6 is 0 Å². The summed E-state index contributed by atoms with van der Waals surface area (Å²) in [6.45, 7) is 0. The second kappa shape index (κ2) is 8.94. The van der Waals surface area contributed by atoms with Crippen LogP contribution in [0.5, 0.6) is 0 Å². The molecule has 0 amide bonds. The minimum Gasteiger partial charge on any atom is -0.295 e. The Morgan fingerprint density at radius 2 is 2.00 bits per heavy atom. The van der Waals surface area contributed by atoms with E-state index in [4.69, 9.17) is 0 Å². The summed E-state index contributed by atoms with van der Waals surface area (Å²) in [6, 6.07) is 0. The van der Waals surface area contributed by atoms with Crippen LogP contribution in [0.2, 0.25) is 0 Å². The number of rotatable bonds is 7. The zero-order chi connectivity index (χ0) is 14.0. The third-order valence-electron chi connectivity index (χ3n) is 4.45. The van der Waals surface area contributed by atoms with E-state index in [0.29, 0.717) is 11.7 Å². The summed E-state index contributed by atoms with van der Waals surface area (Å²) < 4.78 is 0. The zero-order valence-electron chi connectivity index (χ0n) is 12.7. The molecule has 0 aliphatic heterocycles. The molecule has 1 heteroatoms. The van der Waals surface area contributed by atoms with Gasteiger partial charge in [-0.25, -0.2) is 0 Å². The highest BCUT2D eigenvalue weighted by molar-refractivity contribution is 5.91. The molecule has 2 rings (SSSR count). The van der Waals surface area contributed by atoms with Gasteiger partial charge < -0.3 is 0 Å². The number of unbranched alkanes of at least 4 members (excludes halogenated alkanes) is 2. The van der Waals surface area contributed by atoms with E-state index in [1.165, 1.54) is 56.9 Å². The van der Waals surface area contributed by atoms with Gasteiger partial charge in [0, 0.05) is 5.92 Å². The molecule has 1 saturated carbocycles. The van der Waals surface area contributed by atoms with Gasteiger partial charge in [0.1, 0.15) is 0 Å². The Kier molecular flexibility index (Phi) is 6.83. The largest absolute Gasteiger partial charge is 0.295 e. The zero-order valence-corrected chi connectivity index (χ0v) is 12.7. The quantitative estimate of drug-likeness (QED) is 0.440. The highest BCUT2D eigenvalue weighted by Crippen LogP contribution is 2.24. The molecule has 1 fully saturated rings. The first kappa shape index (κ1) is 15.3. The number of ketones is 1. The minimum atomic E-state index is 0.331. The summed E-state index contributed by atoms with van der Waals surface area (Å²) >= 11 is 0. The summed E-state index contributed by atoms with van der Waals surface area (Å²) in [4.78, 5) is 12.0. The van der Waals surface area contributed by atoms with Crippen molar-refractivity contribution in [2.75, 3.05) is 0 Å². The van der Waals surface area contributed by atoms with E-state index in [1.54, 1.807) is 0 Å². The van der Waals surface area contributed by atoms with Gasteiger partial charge in [0.15, 0.2) is 5.78 Å². The molecule has 0 aromatic rings. The molecule has 0 aromatic heterocycles. The molecular weight excluding hydrogens is 244 g/mol. The Bertz CT molecular complexity index is 381. The third-order valence-corrected chi connectivity index (χ3v) is 4.45. The molecule has 0 radical (unpaired) electrons. The predicted molar refractivity (Wildman–Crippen MR) is 85.6 cm³/mol. The Balaban J connectivity index is 1.55. The van der Waals surface area contributed by atoms with Crippen molar-refractivity contribution in [3.8, 4) is 0 Å². The molecule has 0 heterocycles. The molecule has 0 saturated heterocycles. The molecule has 2 aliphatic carbocycles. The standard InChI is InChI=1S/C19H28O/c20-19(18-14-8-4-9-15-18)16-10-2-1-5-11-17-12-6-3-7-13-17/h6,10,12-13,16,18H,1-5,7-9,11,14-15H2/b16-10-. The summed E-state index contributed by atoms with van der Waals surface area (Å²) in [7, 11) is 0. The van der Waals surface area contributed by atoms with Crippen molar-refractivity contribution in [1.82, 2.24) is 0 Å². The van der Waals surface area contributed by atoms with E-state index >= 15 is 0 Å². The number of allylic oxidation sites excluding steroid dienone is 6. The molecular formula is C19H28O. The first-order valence-corrected chi connectivity index (χ1v) is 8.42. The van der Waals surface area contributed by atoms with Crippen LogP contribution in [0.3, 0.4) is 0 Å². The maximum absolute atomic E-state index is 12.0. The van der Waals surface area contributed by atoms with Crippen LogP contribution in [0.4, 0.5) is 0 Å². The normalized spacial score (nSPS) is 20.3. The second-order valence-electron chi connectivity index (χ2n) is 6.14. The van der Waals surface area contributed by atoms with E-state index < -0.39 is 0 Å². The van der Waals surface area contributed by atoms with Gasteiger partial charge in [-0.2, -0.15) is 0 Å². The first-order chi connectivity index (χ1) is 9.86. The molecule has 1 nitrogen and oxygen atoms in total. The Morgan fingerprint density at radius 3 is 2.75 bits per heavy atom. The molecule has 0 unspecified atom stereocenters. The van der Waals surface area contributed by atoms with E-state index in [-0.39, 0.29) is 0 Å². The maximum Gasteiger partial charge on any atom is 0.158 e. The van der Waals surface area contributed by atoms with Crippen molar-refractivity contribution in [1.29, 1.82) is 0 Å². The molecule has 20 heavy (non-hydrogen) atoms. The van der Waals surface area contributed by atoms with Crippen molar-refractivity contribution in [2.24, 2.45) is 5.92 Å². The maximum atomic E-state index is 12.0. The molecule has 0 N–H and O–H groups in total. The van der Waals surface area contributed by atoms with E-state index in [9.17, 15) is 4.79 Å². The summed E-state index contributed by atoms with van der Waals surface area (Å²) in [5, 5.41) is 0. The van der Waals surface area contributed by atoms with Crippen molar-refractivity contribution < 1.29 is 4.79 Å². The van der Waals surface area contributed by atoms with Gasteiger partial charge in [0.05, 0.1) is 0 Å². The molecule has 110 valence electrons. The van der Waals surface area contributed by atoms with Crippen LogP contribution < -0.4 is 0 Å². The predicted octanol–water partition coefficient (Wildman–Crippen LogP) is 5.53. The molecule has 0 spiro atoms. The molecule has 0 aromatic carbocycles. The Hall–Kier alpha value is -1.11. The van der Waals surface area contributed by atoms with E-state index in [1.807, 2.05) is 6.08 Å². The highest BCUT2D eigenvalue weighted by Gasteiger charge is 2.18. The summed E-state index contributed by atoms with van der Waals surface area (Å²) in [6.07, 6.45) is 24.0. The van der Waals surface area contributed by atoms with Crippen LogP contribution in [-0.2, 0) is 4.79 Å². The lowest BCUT2D eigenvalue weighted by Gasteiger charge is -2.18. The number of hydrogen-bond acceptors (Lipinski definition) is 1. The van der Waals surface area contributed by atoms with Crippen LogP contribution in [-0.4, -0.2) is 5.78 Å². The fourth-order valence-corrected chi connectivity index (χ4v) is 3.17. The van der Waals surface area contributed by atoms with Crippen LogP contribution in [0.15, 0.2) is 36.0 Å². The lowest BCUT2D eigenvalue weighted by Crippen LogP contribution is -2.15. The lowest BCUT2D eigenvalue weighted by molar-refractivity contribution is -0.119. The molecule has 0 bridgehead atoms. The van der Waals surface area contributed by atoms with E-state index in [2.05, 4.69) is 24.3 Å². The minimum absolute atomic E-state index is 0.331. The summed E-state index contributed by atoms with van der Waals surface area (Å²) in [5.74, 6) is 0.708. The smallest absolute Gasteiger partial charge is 0.158 e. The average molecular weight is 272 g/mol. The number of carbonyl (C=O) groups excluding carboxylic acids is 1. The van der Waals surface area contributed by atoms with Crippen molar-refractivity contribution in [2.45, 2.75) is 70.6 Å². The topological polar surface area (TPSA) is 17.1 Å². The Morgan fingerprint density at radius 1 is 1.15 bits per heavy atom. The second-order valence-corrected chi connectivity index (χ2v) is 6.14. The third kappa shape index (κ3) is 5.48. The van der Waals surface area contributed by atoms with Gasteiger partial charge >= 0.3 is 0 Å². The van der Waals surface area contributed by atoms with Crippen LogP contribution in [0, 0.1) is 5.92 Å². The monoisotopic (exact) mass is 272 g/mol. The van der Waals surface area contributed by atoms with Crippen molar-refractivity contribution in [3.63, 3.8) is 0 Å². The van der Waals surface area contributed by atoms with Gasteiger partial charge in [0.25, 0.3) is 0 Å². The van der Waals surface area contributed by atoms with Gasteiger partial charge in [-0.15, -0.1) is 0 Å². The number of carbonyl (C=O) groups is 1. The van der Waals surface area contributed by atoms with Gasteiger partial charge in [-0.1, -0.05) is 49.1 Å². The van der Waals surface area contributed by atoms with Gasteiger partial charge in [-0.05, 0) is 57.4 Å². The summed E-state index contributed by atoms with van der Waals surface area (Å²) in [5.41, 5.74) is 1.50. The fourth-order valence-electron chi connectivity index (χ4n) is 3.17.